The van der Waals surface area contributed by atoms with Crippen LogP contribution in [-0.2, 0) is 15.6 Å². The van der Waals surface area contributed by atoms with Crippen molar-refractivity contribution in [1.29, 1.82) is 0 Å². The van der Waals surface area contributed by atoms with Crippen LogP contribution in [0.25, 0.3) is 5.52 Å². The van der Waals surface area contributed by atoms with Crippen LogP contribution in [-0.4, -0.2) is 21.2 Å². The first-order valence-corrected chi connectivity index (χ1v) is 9.34. The van der Waals surface area contributed by atoms with Crippen LogP contribution in [0.2, 0.25) is 0 Å². The molecule has 1 aromatic carbocycles. The SMILES string of the molecule is CC(C)(C)c1nc(C(=O)Nc2ccc3c(c2)C(C)(C)C(=O)N3)c2ccccn12. The van der Waals surface area contributed by atoms with Crippen molar-refractivity contribution in [3.63, 3.8) is 0 Å². The molecule has 2 N–H and O–H groups in total. The highest BCUT2D eigenvalue weighted by Crippen LogP contribution is 2.38. The molecule has 28 heavy (non-hydrogen) atoms. The number of pyridine rings is 1. The fourth-order valence-corrected chi connectivity index (χ4v) is 3.57. The molecule has 6 heteroatoms. The summed E-state index contributed by atoms with van der Waals surface area (Å²) in [6.45, 7) is 9.96. The first kappa shape index (κ1) is 18.2. The third kappa shape index (κ3) is 2.76. The highest BCUT2D eigenvalue weighted by atomic mass is 16.2. The van der Waals surface area contributed by atoms with Crippen molar-refractivity contribution in [2.24, 2.45) is 0 Å². The Balaban J connectivity index is 1.71. The monoisotopic (exact) mass is 376 g/mol. The van der Waals surface area contributed by atoms with Gasteiger partial charge < -0.3 is 15.0 Å². The standard InChI is InChI=1S/C22H24N4O2/c1-21(2,3)19-25-17(16-8-6-7-11-26(16)19)18(27)23-13-9-10-15-14(12-13)22(4,5)20(28)24-15/h6-12H,1-5H3,(H,23,27)(H,24,28). The predicted octanol–water partition coefficient (Wildman–Crippen LogP) is 4.11. The van der Waals surface area contributed by atoms with Crippen molar-refractivity contribution in [3.8, 4) is 0 Å². The van der Waals surface area contributed by atoms with Crippen molar-refractivity contribution in [3.05, 3.63) is 59.7 Å². The molecule has 2 amide bonds. The largest absolute Gasteiger partial charge is 0.325 e. The highest BCUT2D eigenvalue weighted by molar-refractivity contribution is 6.09. The maximum absolute atomic E-state index is 13.0. The zero-order valence-electron chi connectivity index (χ0n) is 16.8. The molecular formula is C22H24N4O2. The molecule has 0 aliphatic carbocycles. The molecule has 0 radical (unpaired) electrons. The summed E-state index contributed by atoms with van der Waals surface area (Å²) < 4.78 is 1.96. The van der Waals surface area contributed by atoms with Crippen LogP contribution in [0, 0.1) is 0 Å². The van der Waals surface area contributed by atoms with Gasteiger partial charge in [-0.2, -0.15) is 0 Å². The smallest absolute Gasteiger partial charge is 0.276 e. The van der Waals surface area contributed by atoms with Crippen LogP contribution in [0.15, 0.2) is 42.6 Å². The first-order valence-electron chi connectivity index (χ1n) is 9.34. The normalized spacial score (nSPS) is 15.4. The second-order valence-corrected chi connectivity index (χ2v) is 8.78. The van der Waals surface area contributed by atoms with E-state index in [0.717, 1.165) is 22.6 Å². The van der Waals surface area contributed by atoms with E-state index in [1.54, 1.807) is 6.07 Å². The van der Waals surface area contributed by atoms with Gasteiger partial charge in [-0.25, -0.2) is 4.98 Å². The molecular weight excluding hydrogens is 352 g/mol. The van der Waals surface area contributed by atoms with E-state index in [9.17, 15) is 9.59 Å². The average molecular weight is 376 g/mol. The number of carbonyl (C=O) groups is 2. The summed E-state index contributed by atoms with van der Waals surface area (Å²) in [6, 6.07) is 11.2. The summed E-state index contributed by atoms with van der Waals surface area (Å²) in [7, 11) is 0. The van der Waals surface area contributed by atoms with Gasteiger partial charge in [-0.1, -0.05) is 26.8 Å². The minimum atomic E-state index is -0.628. The zero-order chi connectivity index (χ0) is 20.3. The Labute approximate surface area is 164 Å². The van der Waals surface area contributed by atoms with Crippen LogP contribution >= 0.6 is 0 Å². The molecule has 0 saturated heterocycles. The third-order valence-corrected chi connectivity index (χ3v) is 5.20. The number of nitrogens with zero attached hydrogens (tertiary/aromatic N) is 2. The molecule has 1 aliphatic rings. The van der Waals surface area contributed by atoms with Crippen LogP contribution in [0.1, 0.15) is 56.5 Å². The molecule has 144 valence electrons. The zero-order valence-corrected chi connectivity index (χ0v) is 16.8. The quantitative estimate of drug-likeness (QED) is 0.707. The van der Waals surface area contributed by atoms with Crippen molar-refractivity contribution >= 4 is 28.7 Å². The molecule has 0 atom stereocenters. The number of nitrogens with one attached hydrogen (secondary N) is 2. The number of hydrogen-bond acceptors (Lipinski definition) is 3. The number of fused-ring (bicyclic) bond motifs is 2. The summed E-state index contributed by atoms with van der Waals surface area (Å²) in [4.78, 5) is 29.8. The lowest BCUT2D eigenvalue weighted by atomic mass is 9.86. The summed E-state index contributed by atoms with van der Waals surface area (Å²) in [5.74, 6) is 0.522. The minimum Gasteiger partial charge on any atom is -0.325 e. The van der Waals surface area contributed by atoms with Gasteiger partial charge in [0, 0.05) is 23.0 Å². The van der Waals surface area contributed by atoms with E-state index in [-0.39, 0.29) is 17.2 Å². The van der Waals surface area contributed by atoms with Gasteiger partial charge in [0.05, 0.1) is 10.9 Å². The van der Waals surface area contributed by atoms with Crippen molar-refractivity contribution < 1.29 is 9.59 Å². The van der Waals surface area contributed by atoms with E-state index < -0.39 is 5.41 Å². The Bertz CT molecular complexity index is 1120. The van der Waals surface area contributed by atoms with Gasteiger partial charge in [-0.05, 0) is 49.7 Å². The molecule has 0 unspecified atom stereocenters. The average Bonchev–Trinajstić information content (AvgIpc) is 3.12. The number of carbonyl (C=O) groups excluding carboxylic acids is 2. The fourth-order valence-electron chi connectivity index (χ4n) is 3.57. The van der Waals surface area contributed by atoms with Gasteiger partial charge >= 0.3 is 0 Å². The van der Waals surface area contributed by atoms with Gasteiger partial charge in [-0.3, -0.25) is 9.59 Å². The third-order valence-electron chi connectivity index (χ3n) is 5.20. The lowest BCUT2D eigenvalue weighted by Crippen LogP contribution is -2.26. The summed E-state index contributed by atoms with van der Waals surface area (Å²) in [5.41, 5.74) is 2.63. The number of benzene rings is 1. The van der Waals surface area contributed by atoms with E-state index in [4.69, 9.17) is 0 Å². The van der Waals surface area contributed by atoms with E-state index in [1.807, 2.05) is 54.8 Å². The number of rotatable bonds is 2. The summed E-state index contributed by atoms with van der Waals surface area (Å²) in [6.07, 6.45) is 1.93. The van der Waals surface area contributed by atoms with E-state index in [2.05, 4.69) is 36.4 Å². The van der Waals surface area contributed by atoms with Crippen LogP contribution < -0.4 is 10.6 Å². The van der Waals surface area contributed by atoms with Crippen LogP contribution in [0.5, 0.6) is 0 Å². The maximum atomic E-state index is 13.0. The van der Waals surface area contributed by atoms with Crippen molar-refractivity contribution in [1.82, 2.24) is 9.38 Å². The van der Waals surface area contributed by atoms with Gasteiger partial charge in [0.2, 0.25) is 5.91 Å². The summed E-state index contributed by atoms with van der Waals surface area (Å²) in [5, 5.41) is 5.82. The Kier molecular flexibility index (Phi) is 3.86. The van der Waals surface area contributed by atoms with Gasteiger partial charge in [-0.15, -0.1) is 0 Å². The Hall–Kier alpha value is -3.15. The molecule has 6 nitrogen and oxygen atoms in total. The number of aromatic nitrogens is 2. The molecule has 2 aromatic heterocycles. The van der Waals surface area contributed by atoms with Crippen LogP contribution in [0.3, 0.4) is 0 Å². The lowest BCUT2D eigenvalue weighted by Gasteiger charge is -2.16. The second kappa shape index (κ2) is 5.92. The first-order chi connectivity index (χ1) is 13.1. The fraction of sp³-hybridized carbons (Fsp3) is 0.318. The molecule has 0 fully saturated rings. The molecule has 0 spiro atoms. The highest BCUT2D eigenvalue weighted by Gasteiger charge is 2.38. The molecule has 3 heterocycles. The number of anilines is 2. The number of amides is 2. The lowest BCUT2D eigenvalue weighted by molar-refractivity contribution is -0.119. The Morgan fingerprint density at radius 3 is 2.64 bits per heavy atom. The molecule has 4 rings (SSSR count). The molecule has 3 aromatic rings. The van der Waals surface area contributed by atoms with Gasteiger partial charge in [0.15, 0.2) is 5.69 Å². The molecule has 0 bridgehead atoms. The second-order valence-electron chi connectivity index (χ2n) is 8.78. The predicted molar refractivity (Wildman–Crippen MR) is 110 cm³/mol. The van der Waals surface area contributed by atoms with E-state index >= 15 is 0 Å². The summed E-state index contributed by atoms with van der Waals surface area (Å²) >= 11 is 0. The van der Waals surface area contributed by atoms with Crippen molar-refractivity contribution in [2.75, 3.05) is 10.6 Å². The van der Waals surface area contributed by atoms with Gasteiger partial charge in [0.25, 0.3) is 5.91 Å². The number of hydrogen-bond donors (Lipinski definition) is 2. The minimum absolute atomic E-state index is 0.0408. The molecule has 1 aliphatic heterocycles. The Morgan fingerprint density at radius 2 is 1.93 bits per heavy atom. The Morgan fingerprint density at radius 1 is 1.18 bits per heavy atom. The molecule has 0 saturated carbocycles. The topological polar surface area (TPSA) is 75.5 Å². The number of imidazole rings is 1. The maximum Gasteiger partial charge on any atom is 0.276 e. The van der Waals surface area contributed by atoms with E-state index in [0.29, 0.717) is 11.4 Å². The van der Waals surface area contributed by atoms with E-state index in [1.165, 1.54) is 0 Å². The van der Waals surface area contributed by atoms with Crippen LogP contribution in [0.4, 0.5) is 11.4 Å². The van der Waals surface area contributed by atoms with Crippen molar-refractivity contribution in [2.45, 2.75) is 45.4 Å². The van der Waals surface area contributed by atoms with Gasteiger partial charge in [0.1, 0.15) is 5.82 Å².